The molecule has 1 aromatic heterocycles. The van der Waals surface area contributed by atoms with Crippen molar-refractivity contribution in [2.75, 3.05) is 18.5 Å². The maximum Gasteiger partial charge on any atom is 0.255 e. The highest BCUT2D eigenvalue weighted by atomic mass is 16.5. The van der Waals surface area contributed by atoms with E-state index in [9.17, 15) is 9.59 Å². The molecule has 1 unspecified atom stereocenters. The second kappa shape index (κ2) is 9.01. The van der Waals surface area contributed by atoms with Crippen LogP contribution in [0, 0.1) is 6.92 Å². The van der Waals surface area contributed by atoms with Gasteiger partial charge in [-0.1, -0.05) is 6.07 Å². The van der Waals surface area contributed by atoms with Crippen LogP contribution in [0.1, 0.15) is 39.1 Å². The van der Waals surface area contributed by atoms with Gasteiger partial charge >= 0.3 is 0 Å². The Kier molecular flexibility index (Phi) is 5.99. The quantitative estimate of drug-likeness (QED) is 0.611. The first-order valence-corrected chi connectivity index (χ1v) is 10.1. The molecular weight excluding hydrogens is 396 g/mol. The Balaban J connectivity index is 1.55. The van der Waals surface area contributed by atoms with E-state index < -0.39 is 5.91 Å². The normalized spacial score (nSPS) is 15.6. The molecule has 3 aromatic rings. The van der Waals surface area contributed by atoms with Crippen molar-refractivity contribution < 1.29 is 19.1 Å². The lowest BCUT2D eigenvalue weighted by Gasteiger charge is -2.14. The Morgan fingerprint density at radius 1 is 1.26 bits per heavy atom. The van der Waals surface area contributed by atoms with E-state index in [0.717, 1.165) is 25.0 Å². The van der Waals surface area contributed by atoms with Gasteiger partial charge < -0.3 is 20.5 Å². The Morgan fingerprint density at radius 2 is 2.13 bits per heavy atom. The molecule has 2 amide bonds. The minimum Gasteiger partial charge on any atom is -0.491 e. The van der Waals surface area contributed by atoms with Gasteiger partial charge in [0.05, 0.1) is 23.7 Å². The molecule has 1 aliphatic heterocycles. The molecule has 4 rings (SSSR count). The van der Waals surface area contributed by atoms with Crippen LogP contribution in [-0.2, 0) is 4.74 Å². The van der Waals surface area contributed by atoms with E-state index in [4.69, 9.17) is 15.2 Å². The molecule has 8 nitrogen and oxygen atoms in total. The van der Waals surface area contributed by atoms with E-state index in [1.165, 1.54) is 0 Å². The van der Waals surface area contributed by atoms with Crippen LogP contribution in [-0.4, -0.2) is 40.9 Å². The molecule has 2 heterocycles. The van der Waals surface area contributed by atoms with Gasteiger partial charge in [-0.05, 0) is 61.7 Å². The third-order valence-corrected chi connectivity index (χ3v) is 5.04. The third-order valence-electron chi connectivity index (χ3n) is 5.04. The standard InChI is InChI=1S/C23H24N4O4/c1-15-12-25-27(13-15)21-8-7-16(22(24)28)11-20(21)26-23(29)17-4-2-5-18(10-17)31-14-19-6-3-9-30-19/h2,4-5,7-8,10-13,19H,3,6,9,14H2,1H3,(H2,24,28)(H,26,29). The van der Waals surface area contributed by atoms with Crippen molar-refractivity contribution in [1.82, 2.24) is 9.78 Å². The summed E-state index contributed by atoms with van der Waals surface area (Å²) in [5, 5.41) is 7.16. The maximum atomic E-state index is 13.0. The fraction of sp³-hybridized carbons (Fsp3) is 0.261. The minimum absolute atomic E-state index is 0.0918. The van der Waals surface area contributed by atoms with Crippen molar-refractivity contribution in [2.24, 2.45) is 5.73 Å². The summed E-state index contributed by atoms with van der Waals surface area (Å²) in [4.78, 5) is 24.6. The zero-order valence-corrected chi connectivity index (χ0v) is 17.2. The summed E-state index contributed by atoms with van der Waals surface area (Å²) in [6.07, 6.45) is 5.65. The van der Waals surface area contributed by atoms with Gasteiger partial charge in [0.15, 0.2) is 0 Å². The van der Waals surface area contributed by atoms with E-state index in [1.54, 1.807) is 53.3 Å². The van der Waals surface area contributed by atoms with Crippen LogP contribution in [0.2, 0.25) is 0 Å². The van der Waals surface area contributed by atoms with Crippen molar-refractivity contribution in [3.63, 3.8) is 0 Å². The zero-order chi connectivity index (χ0) is 21.8. The summed E-state index contributed by atoms with van der Waals surface area (Å²) in [5.74, 6) is -0.325. The van der Waals surface area contributed by atoms with Crippen LogP contribution in [0.5, 0.6) is 5.75 Å². The molecule has 2 aromatic carbocycles. The smallest absolute Gasteiger partial charge is 0.255 e. The van der Waals surface area contributed by atoms with Crippen molar-refractivity contribution in [2.45, 2.75) is 25.9 Å². The molecule has 31 heavy (non-hydrogen) atoms. The molecule has 1 aliphatic rings. The lowest BCUT2D eigenvalue weighted by atomic mass is 10.1. The van der Waals surface area contributed by atoms with Gasteiger partial charge in [-0.25, -0.2) is 4.68 Å². The molecule has 0 aliphatic carbocycles. The fourth-order valence-corrected chi connectivity index (χ4v) is 3.42. The van der Waals surface area contributed by atoms with E-state index in [1.807, 2.05) is 13.1 Å². The Morgan fingerprint density at radius 3 is 2.84 bits per heavy atom. The topological polar surface area (TPSA) is 108 Å². The Labute approximate surface area is 180 Å². The van der Waals surface area contributed by atoms with E-state index in [0.29, 0.717) is 29.3 Å². The van der Waals surface area contributed by atoms with Crippen LogP contribution >= 0.6 is 0 Å². The molecule has 0 spiro atoms. The summed E-state index contributed by atoms with van der Waals surface area (Å²) >= 11 is 0. The van der Waals surface area contributed by atoms with Crippen LogP contribution in [0.25, 0.3) is 5.69 Å². The number of hydrogen-bond acceptors (Lipinski definition) is 5. The number of nitrogens with one attached hydrogen (secondary N) is 1. The zero-order valence-electron chi connectivity index (χ0n) is 17.2. The highest BCUT2D eigenvalue weighted by molar-refractivity contribution is 6.06. The first-order chi connectivity index (χ1) is 15.0. The van der Waals surface area contributed by atoms with Gasteiger partial charge in [0.25, 0.3) is 5.91 Å². The number of primary amides is 1. The first-order valence-electron chi connectivity index (χ1n) is 10.1. The SMILES string of the molecule is Cc1cnn(-c2ccc(C(N)=O)cc2NC(=O)c2cccc(OCC3CCCO3)c2)c1. The largest absolute Gasteiger partial charge is 0.491 e. The monoisotopic (exact) mass is 420 g/mol. The molecule has 1 saturated heterocycles. The average molecular weight is 420 g/mol. The molecule has 1 atom stereocenters. The lowest BCUT2D eigenvalue weighted by Crippen LogP contribution is -2.18. The summed E-state index contributed by atoms with van der Waals surface area (Å²) in [7, 11) is 0. The van der Waals surface area contributed by atoms with Gasteiger partial charge in [-0.15, -0.1) is 0 Å². The molecule has 0 radical (unpaired) electrons. The average Bonchev–Trinajstić information content (AvgIpc) is 3.44. The number of nitrogens with two attached hydrogens (primary N) is 1. The number of aryl methyl sites for hydroxylation is 1. The highest BCUT2D eigenvalue weighted by Gasteiger charge is 2.17. The number of amides is 2. The predicted octanol–water partition coefficient (Wildman–Crippen LogP) is 3.09. The van der Waals surface area contributed by atoms with Gasteiger partial charge in [-0.3, -0.25) is 9.59 Å². The van der Waals surface area contributed by atoms with E-state index >= 15 is 0 Å². The summed E-state index contributed by atoms with van der Waals surface area (Å²) in [6, 6.07) is 11.8. The molecule has 3 N–H and O–H groups in total. The number of ether oxygens (including phenoxy) is 2. The number of carbonyl (C=O) groups excluding carboxylic acids is 2. The Bertz CT molecular complexity index is 1100. The summed E-state index contributed by atoms with van der Waals surface area (Å²) < 4.78 is 13.0. The maximum absolute atomic E-state index is 13.0. The molecule has 0 saturated carbocycles. The number of rotatable bonds is 7. The van der Waals surface area contributed by atoms with Crippen LogP contribution in [0.3, 0.4) is 0 Å². The van der Waals surface area contributed by atoms with Crippen molar-refractivity contribution in [1.29, 1.82) is 0 Å². The van der Waals surface area contributed by atoms with Crippen LogP contribution in [0.4, 0.5) is 5.69 Å². The van der Waals surface area contributed by atoms with Crippen molar-refractivity contribution in [3.8, 4) is 11.4 Å². The number of nitrogens with zero attached hydrogens (tertiary/aromatic N) is 2. The van der Waals surface area contributed by atoms with Gasteiger partial charge in [-0.2, -0.15) is 5.10 Å². The summed E-state index contributed by atoms with van der Waals surface area (Å²) in [6.45, 7) is 3.13. The number of aromatic nitrogens is 2. The molecule has 0 bridgehead atoms. The predicted molar refractivity (Wildman–Crippen MR) is 116 cm³/mol. The van der Waals surface area contributed by atoms with Crippen LogP contribution < -0.4 is 15.8 Å². The van der Waals surface area contributed by atoms with E-state index in [2.05, 4.69) is 10.4 Å². The molecule has 160 valence electrons. The van der Waals surface area contributed by atoms with Crippen molar-refractivity contribution in [3.05, 3.63) is 71.5 Å². The molecule has 1 fully saturated rings. The summed E-state index contributed by atoms with van der Waals surface area (Å²) in [5.41, 5.74) is 8.15. The number of benzene rings is 2. The second-order valence-corrected chi connectivity index (χ2v) is 7.49. The number of anilines is 1. The lowest BCUT2D eigenvalue weighted by molar-refractivity contribution is 0.0679. The highest BCUT2D eigenvalue weighted by Crippen LogP contribution is 2.24. The number of hydrogen-bond donors (Lipinski definition) is 2. The number of carbonyl (C=O) groups is 2. The van der Waals surface area contributed by atoms with Gasteiger partial charge in [0.2, 0.25) is 5.91 Å². The third kappa shape index (κ3) is 4.92. The fourth-order valence-electron chi connectivity index (χ4n) is 3.42. The first kappa shape index (κ1) is 20.6. The van der Waals surface area contributed by atoms with Crippen LogP contribution in [0.15, 0.2) is 54.9 Å². The Hall–Kier alpha value is -3.65. The van der Waals surface area contributed by atoms with E-state index in [-0.39, 0.29) is 17.6 Å². The van der Waals surface area contributed by atoms with Crippen molar-refractivity contribution >= 4 is 17.5 Å². The van der Waals surface area contributed by atoms with Gasteiger partial charge in [0.1, 0.15) is 12.4 Å². The minimum atomic E-state index is -0.580. The van der Waals surface area contributed by atoms with Gasteiger partial charge in [0, 0.05) is 23.9 Å². The second-order valence-electron chi connectivity index (χ2n) is 7.49. The molecular formula is C23H24N4O4. The molecule has 8 heteroatoms.